The van der Waals surface area contributed by atoms with E-state index in [1.54, 1.807) is 6.92 Å². The van der Waals surface area contributed by atoms with Crippen molar-refractivity contribution < 1.29 is 8.42 Å². The van der Waals surface area contributed by atoms with Gasteiger partial charge in [0.1, 0.15) is 0 Å². The standard InChI is InChI=1S/C10H15NO2S/c1-7-4-8(2)6-10(5-7)9(3)14(11,12)13/h4-6,9H,1-3H3,(H2,11,12,13). The van der Waals surface area contributed by atoms with Crippen molar-refractivity contribution in [3.63, 3.8) is 0 Å². The molecule has 0 aliphatic carbocycles. The van der Waals surface area contributed by atoms with Crippen LogP contribution in [0.25, 0.3) is 0 Å². The van der Waals surface area contributed by atoms with Gasteiger partial charge in [-0.2, -0.15) is 0 Å². The van der Waals surface area contributed by atoms with Crippen LogP contribution >= 0.6 is 0 Å². The molecular formula is C10H15NO2S. The minimum absolute atomic E-state index is 0.638. The highest BCUT2D eigenvalue weighted by Gasteiger charge is 2.17. The molecular weight excluding hydrogens is 198 g/mol. The van der Waals surface area contributed by atoms with Crippen molar-refractivity contribution in [2.24, 2.45) is 5.14 Å². The van der Waals surface area contributed by atoms with E-state index in [1.807, 2.05) is 32.0 Å². The number of aryl methyl sites for hydroxylation is 2. The van der Waals surface area contributed by atoms with Crippen LogP contribution in [0.15, 0.2) is 18.2 Å². The predicted octanol–water partition coefficient (Wildman–Crippen LogP) is 1.65. The molecule has 0 radical (unpaired) electrons. The van der Waals surface area contributed by atoms with E-state index < -0.39 is 15.3 Å². The van der Waals surface area contributed by atoms with Gasteiger partial charge >= 0.3 is 0 Å². The molecule has 3 nitrogen and oxygen atoms in total. The van der Waals surface area contributed by atoms with Gasteiger partial charge in [0, 0.05) is 0 Å². The van der Waals surface area contributed by atoms with Gasteiger partial charge in [0.15, 0.2) is 0 Å². The maximum atomic E-state index is 11.1. The minimum Gasteiger partial charge on any atom is -0.228 e. The van der Waals surface area contributed by atoms with Crippen LogP contribution in [-0.4, -0.2) is 8.42 Å². The Morgan fingerprint density at radius 3 is 1.93 bits per heavy atom. The van der Waals surface area contributed by atoms with Crippen LogP contribution in [-0.2, 0) is 10.0 Å². The molecule has 0 fully saturated rings. The lowest BCUT2D eigenvalue weighted by atomic mass is 10.1. The molecule has 0 saturated carbocycles. The quantitative estimate of drug-likeness (QED) is 0.812. The number of hydrogen-bond acceptors (Lipinski definition) is 2. The van der Waals surface area contributed by atoms with Crippen molar-refractivity contribution in [1.29, 1.82) is 0 Å². The van der Waals surface area contributed by atoms with Crippen molar-refractivity contribution >= 4 is 10.0 Å². The topological polar surface area (TPSA) is 60.2 Å². The Labute approximate surface area is 85.0 Å². The van der Waals surface area contributed by atoms with Gasteiger partial charge in [0.25, 0.3) is 0 Å². The zero-order valence-electron chi connectivity index (χ0n) is 8.61. The third kappa shape index (κ3) is 2.56. The summed E-state index contributed by atoms with van der Waals surface area (Å²) in [5.41, 5.74) is 2.86. The molecule has 0 aliphatic heterocycles. The third-order valence-electron chi connectivity index (χ3n) is 2.21. The fraction of sp³-hybridized carbons (Fsp3) is 0.400. The summed E-state index contributed by atoms with van der Waals surface area (Å²) in [6.45, 7) is 5.47. The zero-order chi connectivity index (χ0) is 10.9. The monoisotopic (exact) mass is 213 g/mol. The van der Waals surface area contributed by atoms with Crippen molar-refractivity contribution in [2.45, 2.75) is 26.0 Å². The number of nitrogens with two attached hydrogens (primary N) is 1. The first-order valence-corrected chi connectivity index (χ1v) is 6.01. The van der Waals surface area contributed by atoms with Crippen LogP contribution in [0.4, 0.5) is 0 Å². The number of primary sulfonamides is 1. The molecule has 1 rings (SSSR count). The molecule has 0 spiro atoms. The SMILES string of the molecule is Cc1cc(C)cc(C(C)S(N)(=O)=O)c1. The first kappa shape index (κ1) is 11.2. The summed E-state index contributed by atoms with van der Waals surface area (Å²) in [5, 5.41) is 4.45. The maximum Gasteiger partial charge on any atom is 0.215 e. The second-order valence-electron chi connectivity index (χ2n) is 3.65. The number of hydrogen-bond donors (Lipinski definition) is 1. The molecule has 0 saturated heterocycles. The summed E-state index contributed by atoms with van der Waals surface area (Å²) in [7, 11) is -3.49. The Balaban J connectivity index is 3.20. The summed E-state index contributed by atoms with van der Waals surface area (Å²) >= 11 is 0. The van der Waals surface area contributed by atoms with Crippen LogP contribution < -0.4 is 5.14 Å². The second-order valence-corrected chi connectivity index (χ2v) is 5.54. The second kappa shape index (κ2) is 3.71. The molecule has 1 unspecified atom stereocenters. The highest BCUT2D eigenvalue weighted by molar-refractivity contribution is 7.89. The molecule has 2 N–H and O–H groups in total. The van der Waals surface area contributed by atoms with E-state index in [1.165, 1.54) is 0 Å². The Hall–Kier alpha value is -0.870. The van der Waals surface area contributed by atoms with E-state index in [4.69, 9.17) is 5.14 Å². The first-order chi connectivity index (χ1) is 6.30. The zero-order valence-corrected chi connectivity index (χ0v) is 9.43. The lowest BCUT2D eigenvalue weighted by molar-refractivity contribution is 0.588. The summed E-state index contributed by atoms with van der Waals surface area (Å²) in [4.78, 5) is 0. The highest BCUT2D eigenvalue weighted by Crippen LogP contribution is 2.21. The number of sulfonamides is 1. The molecule has 0 aliphatic rings. The van der Waals surface area contributed by atoms with Crippen LogP contribution in [0.2, 0.25) is 0 Å². The number of benzene rings is 1. The summed E-state index contributed by atoms with van der Waals surface area (Å²) in [5.74, 6) is 0. The van der Waals surface area contributed by atoms with Crippen molar-refractivity contribution in [1.82, 2.24) is 0 Å². The lowest BCUT2D eigenvalue weighted by Crippen LogP contribution is -2.19. The smallest absolute Gasteiger partial charge is 0.215 e. The molecule has 0 amide bonds. The van der Waals surface area contributed by atoms with Gasteiger partial charge in [-0.1, -0.05) is 29.3 Å². The van der Waals surface area contributed by atoms with Crippen LogP contribution in [0, 0.1) is 13.8 Å². The van der Waals surface area contributed by atoms with Gasteiger partial charge < -0.3 is 0 Å². The Bertz CT molecular complexity index is 417. The van der Waals surface area contributed by atoms with Gasteiger partial charge in [-0.3, -0.25) is 0 Å². The fourth-order valence-electron chi connectivity index (χ4n) is 1.43. The lowest BCUT2D eigenvalue weighted by Gasteiger charge is -2.11. The predicted molar refractivity (Wildman–Crippen MR) is 57.4 cm³/mol. The molecule has 1 aromatic rings. The van der Waals surface area contributed by atoms with Crippen LogP contribution in [0.1, 0.15) is 28.9 Å². The van der Waals surface area contributed by atoms with Crippen molar-refractivity contribution in [2.75, 3.05) is 0 Å². The Morgan fingerprint density at radius 2 is 1.57 bits per heavy atom. The molecule has 0 aromatic heterocycles. The fourth-order valence-corrected chi connectivity index (χ4v) is 1.95. The summed E-state index contributed by atoms with van der Waals surface area (Å²) in [6.07, 6.45) is 0. The van der Waals surface area contributed by atoms with Gasteiger partial charge in [0.05, 0.1) is 5.25 Å². The minimum atomic E-state index is -3.49. The first-order valence-electron chi connectivity index (χ1n) is 4.40. The van der Waals surface area contributed by atoms with E-state index in [2.05, 4.69) is 0 Å². The normalized spacial score (nSPS) is 14.0. The summed E-state index contributed by atoms with van der Waals surface area (Å²) < 4.78 is 22.3. The molecule has 0 bridgehead atoms. The average Bonchev–Trinajstić information content (AvgIpc) is 1.99. The molecule has 14 heavy (non-hydrogen) atoms. The summed E-state index contributed by atoms with van der Waals surface area (Å²) in [6, 6.07) is 5.70. The van der Waals surface area contributed by atoms with Gasteiger partial charge in [-0.15, -0.1) is 0 Å². The third-order valence-corrected chi connectivity index (χ3v) is 3.46. The van der Waals surface area contributed by atoms with Crippen LogP contribution in [0.5, 0.6) is 0 Å². The molecule has 4 heteroatoms. The van der Waals surface area contributed by atoms with E-state index in [0.29, 0.717) is 0 Å². The maximum absolute atomic E-state index is 11.1. The molecule has 1 atom stereocenters. The van der Waals surface area contributed by atoms with Crippen LogP contribution in [0.3, 0.4) is 0 Å². The average molecular weight is 213 g/mol. The molecule has 78 valence electrons. The van der Waals surface area contributed by atoms with E-state index in [-0.39, 0.29) is 0 Å². The van der Waals surface area contributed by atoms with E-state index >= 15 is 0 Å². The van der Waals surface area contributed by atoms with Gasteiger partial charge in [-0.05, 0) is 26.3 Å². The molecule has 0 heterocycles. The highest BCUT2D eigenvalue weighted by atomic mass is 32.2. The molecule has 1 aromatic carbocycles. The van der Waals surface area contributed by atoms with Gasteiger partial charge in [-0.25, -0.2) is 13.6 Å². The Morgan fingerprint density at radius 1 is 1.14 bits per heavy atom. The van der Waals surface area contributed by atoms with E-state index in [0.717, 1.165) is 16.7 Å². The van der Waals surface area contributed by atoms with Crippen molar-refractivity contribution in [3.8, 4) is 0 Å². The van der Waals surface area contributed by atoms with E-state index in [9.17, 15) is 8.42 Å². The van der Waals surface area contributed by atoms with Gasteiger partial charge in [0.2, 0.25) is 10.0 Å². The van der Waals surface area contributed by atoms with Crippen molar-refractivity contribution in [3.05, 3.63) is 34.9 Å². The Kier molecular flexibility index (Phi) is 2.97. The largest absolute Gasteiger partial charge is 0.228 e. The number of rotatable bonds is 2.